The van der Waals surface area contributed by atoms with E-state index in [-0.39, 0.29) is 27.8 Å². The summed E-state index contributed by atoms with van der Waals surface area (Å²) in [6.45, 7) is 0. The van der Waals surface area contributed by atoms with Gasteiger partial charge >= 0.3 is 6.18 Å². The summed E-state index contributed by atoms with van der Waals surface area (Å²) in [7, 11) is 0. The zero-order chi connectivity index (χ0) is 22.3. The van der Waals surface area contributed by atoms with Crippen LogP contribution in [0.5, 0.6) is 0 Å². The van der Waals surface area contributed by atoms with Crippen molar-refractivity contribution in [2.75, 3.05) is 16.8 Å². The molecule has 1 amide bonds. The number of anilines is 3. The quantitative estimate of drug-likeness (QED) is 0.405. The van der Waals surface area contributed by atoms with Gasteiger partial charge in [0.05, 0.1) is 11.3 Å². The van der Waals surface area contributed by atoms with Gasteiger partial charge in [-0.1, -0.05) is 6.07 Å². The van der Waals surface area contributed by atoms with Gasteiger partial charge in [0.2, 0.25) is 0 Å². The lowest BCUT2D eigenvalue weighted by Crippen LogP contribution is -2.14. The number of amides is 1. The number of carbonyl (C=O) groups is 1. The molecule has 4 aromatic rings. The van der Waals surface area contributed by atoms with Crippen LogP contribution < -0.4 is 16.8 Å². The Kier molecular flexibility index (Phi) is 5.00. The van der Waals surface area contributed by atoms with E-state index in [0.29, 0.717) is 22.0 Å². The fraction of sp³-hybridized carbons (Fsp3) is 0.0526. The van der Waals surface area contributed by atoms with Gasteiger partial charge < -0.3 is 16.8 Å². The maximum absolute atomic E-state index is 12.8. The van der Waals surface area contributed by atoms with E-state index in [0.717, 1.165) is 28.3 Å². The number of aromatic nitrogens is 2. The van der Waals surface area contributed by atoms with Crippen LogP contribution in [0.15, 0.2) is 35.8 Å². The molecule has 0 aromatic carbocycles. The number of nitrogens with one attached hydrogen (secondary N) is 1. The second-order valence-electron chi connectivity index (χ2n) is 6.25. The number of hydrogen-bond donors (Lipinski definition) is 3. The second kappa shape index (κ2) is 7.53. The topological polar surface area (TPSA) is 131 Å². The Balaban J connectivity index is 1.77. The Morgan fingerprint density at radius 1 is 1.23 bits per heavy atom. The summed E-state index contributed by atoms with van der Waals surface area (Å²) >= 11 is 2.34. The maximum Gasteiger partial charge on any atom is 0.417 e. The van der Waals surface area contributed by atoms with Gasteiger partial charge in [-0.15, -0.1) is 22.7 Å². The van der Waals surface area contributed by atoms with Crippen molar-refractivity contribution in [2.45, 2.75) is 6.18 Å². The van der Waals surface area contributed by atoms with Crippen LogP contribution in [0.25, 0.3) is 20.7 Å². The molecule has 0 aliphatic carbocycles. The lowest BCUT2D eigenvalue weighted by molar-refractivity contribution is -0.137. The first-order valence-corrected chi connectivity index (χ1v) is 10.2. The molecule has 4 aromatic heterocycles. The molecule has 0 unspecified atom stereocenters. The number of nitrogens with zero attached hydrogens (tertiary/aromatic N) is 3. The van der Waals surface area contributed by atoms with Gasteiger partial charge in [0.15, 0.2) is 0 Å². The number of nitrogens with two attached hydrogens (primary N) is 2. The number of fused-ring (bicyclic) bond motifs is 1. The van der Waals surface area contributed by atoms with Gasteiger partial charge in [0.1, 0.15) is 33.0 Å². The summed E-state index contributed by atoms with van der Waals surface area (Å²) in [6.07, 6.45) is -3.91. The van der Waals surface area contributed by atoms with E-state index >= 15 is 0 Å². The smallest absolute Gasteiger partial charge is 0.397 e. The van der Waals surface area contributed by atoms with Crippen LogP contribution in [0, 0.1) is 11.3 Å². The van der Waals surface area contributed by atoms with Crippen LogP contribution >= 0.6 is 22.7 Å². The molecule has 5 N–H and O–H groups in total. The Morgan fingerprint density at radius 2 is 2.00 bits per heavy atom. The highest BCUT2D eigenvalue weighted by atomic mass is 32.1. The molecule has 12 heteroatoms. The van der Waals surface area contributed by atoms with E-state index in [4.69, 9.17) is 11.5 Å². The van der Waals surface area contributed by atoms with Crippen molar-refractivity contribution < 1.29 is 18.0 Å². The summed E-state index contributed by atoms with van der Waals surface area (Å²) in [5.74, 6) is -0.725. The molecule has 4 heterocycles. The molecule has 0 fully saturated rings. The molecular formula is C19H11F3N6OS2. The Bertz CT molecular complexity index is 1340. The summed E-state index contributed by atoms with van der Waals surface area (Å²) in [5.41, 5.74) is 12.0. The predicted octanol–water partition coefficient (Wildman–Crippen LogP) is 4.73. The zero-order valence-electron chi connectivity index (χ0n) is 15.3. The van der Waals surface area contributed by atoms with Gasteiger partial charge in [-0.3, -0.25) is 4.79 Å². The third-order valence-electron chi connectivity index (χ3n) is 4.32. The molecule has 0 bridgehead atoms. The molecular weight excluding hydrogens is 449 g/mol. The standard InChI is InChI=1S/C19H11F3N6OS2/c20-19(21,22)8-3-4-11(26-7-8)27-17(29)15-14(24)13-12(10-2-1-5-30-10)9(6-23)16(25)28-18(13)31-15/h1-5,7H,24H2,(H2,25,28)(H,26,27,29). The van der Waals surface area contributed by atoms with Crippen LogP contribution in [0.1, 0.15) is 20.8 Å². The minimum Gasteiger partial charge on any atom is -0.397 e. The van der Waals surface area contributed by atoms with E-state index < -0.39 is 17.6 Å². The highest BCUT2D eigenvalue weighted by Crippen LogP contribution is 2.44. The number of nitrogen functional groups attached to an aromatic ring is 2. The highest BCUT2D eigenvalue weighted by Gasteiger charge is 2.31. The van der Waals surface area contributed by atoms with Gasteiger partial charge in [0.25, 0.3) is 5.91 Å². The molecule has 31 heavy (non-hydrogen) atoms. The molecule has 0 saturated carbocycles. The van der Waals surface area contributed by atoms with E-state index in [9.17, 15) is 23.2 Å². The fourth-order valence-corrected chi connectivity index (χ4v) is 4.72. The monoisotopic (exact) mass is 460 g/mol. The molecule has 0 aliphatic rings. The van der Waals surface area contributed by atoms with Gasteiger partial charge in [-0.25, -0.2) is 9.97 Å². The maximum atomic E-state index is 12.8. The van der Waals surface area contributed by atoms with Crippen molar-refractivity contribution >= 4 is 56.1 Å². The normalized spacial score (nSPS) is 11.4. The average molecular weight is 460 g/mol. The molecule has 0 saturated heterocycles. The third kappa shape index (κ3) is 3.65. The second-order valence-corrected chi connectivity index (χ2v) is 8.19. The van der Waals surface area contributed by atoms with Crippen molar-refractivity contribution in [3.63, 3.8) is 0 Å². The summed E-state index contributed by atoms with van der Waals surface area (Å²) in [5, 5.41) is 14.2. The predicted molar refractivity (Wildman–Crippen MR) is 114 cm³/mol. The lowest BCUT2D eigenvalue weighted by Gasteiger charge is -2.08. The Morgan fingerprint density at radius 3 is 2.58 bits per heavy atom. The molecule has 4 rings (SSSR count). The van der Waals surface area contributed by atoms with Crippen molar-refractivity contribution in [1.82, 2.24) is 9.97 Å². The van der Waals surface area contributed by atoms with E-state index in [1.54, 1.807) is 12.1 Å². The van der Waals surface area contributed by atoms with E-state index in [2.05, 4.69) is 15.3 Å². The van der Waals surface area contributed by atoms with Crippen LogP contribution in [0.3, 0.4) is 0 Å². The number of hydrogen-bond acceptors (Lipinski definition) is 8. The Hall–Kier alpha value is -3.69. The van der Waals surface area contributed by atoms with Gasteiger partial charge in [-0.2, -0.15) is 18.4 Å². The van der Waals surface area contributed by atoms with Crippen molar-refractivity contribution in [1.29, 1.82) is 5.26 Å². The minimum atomic E-state index is -4.53. The van der Waals surface area contributed by atoms with Crippen molar-refractivity contribution in [3.8, 4) is 16.5 Å². The lowest BCUT2D eigenvalue weighted by atomic mass is 10.0. The minimum absolute atomic E-state index is 0.0102. The first-order valence-electron chi connectivity index (χ1n) is 8.50. The highest BCUT2D eigenvalue weighted by molar-refractivity contribution is 7.21. The average Bonchev–Trinajstić information content (AvgIpc) is 3.35. The fourth-order valence-electron chi connectivity index (χ4n) is 2.93. The van der Waals surface area contributed by atoms with Crippen molar-refractivity contribution in [2.24, 2.45) is 0 Å². The number of carbonyl (C=O) groups excluding carboxylic acids is 1. The molecule has 7 nitrogen and oxygen atoms in total. The summed E-state index contributed by atoms with van der Waals surface area (Å²) in [6, 6.07) is 7.49. The third-order valence-corrected chi connectivity index (χ3v) is 6.31. The first kappa shape index (κ1) is 20.6. The van der Waals surface area contributed by atoms with Crippen LogP contribution in [0.4, 0.5) is 30.5 Å². The molecule has 0 spiro atoms. The summed E-state index contributed by atoms with van der Waals surface area (Å²) in [4.78, 5) is 21.8. The largest absolute Gasteiger partial charge is 0.417 e. The number of halogens is 3. The number of rotatable bonds is 3. The number of alkyl halides is 3. The van der Waals surface area contributed by atoms with E-state index in [1.165, 1.54) is 11.3 Å². The van der Waals surface area contributed by atoms with Gasteiger partial charge in [0, 0.05) is 22.0 Å². The SMILES string of the molecule is N#Cc1c(N)nc2sc(C(=O)Nc3ccc(C(F)(F)F)cn3)c(N)c2c1-c1cccs1. The summed E-state index contributed by atoms with van der Waals surface area (Å²) < 4.78 is 38.1. The molecule has 0 aliphatic heterocycles. The molecule has 0 atom stereocenters. The van der Waals surface area contributed by atoms with Crippen molar-refractivity contribution in [3.05, 3.63) is 51.8 Å². The zero-order valence-corrected chi connectivity index (χ0v) is 17.0. The van der Waals surface area contributed by atoms with Crippen LogP contribution in [0.2, 0.25) is 0 Å². The number of nitriles is 1. The number of thiophene rings is 2. The first-order chi connectivity index (χ1) is 14.7. The van der Waals surface area contributed by atoms with Gasteiger partial charge in [-0.05, 0) is 23.6 Å². The van der Waals surface area contributed by atoms with Crippen LogP contribution in [-0.4, -0.2) is 15.9 Å². The Labute approximate surface area is 180 Å². The van der Waals surface area contributed by atoms with Crippen LogP contribution in [-0.2, 0) is 6.18 Å². The number of pyridine rings is 2. The molecule has 156 valence electrons. The molecule has 0 radical (unpaired) electrons. The van der Waals surface area contributed by atoms with E-state index in [1.807, 2.05) is 11.4 Å².